The summed E-state index contributed by atoms with van der Waals surface area (Å²) in [5.41, 5.74) is 1.42. The van der Waals surface area contributed by atoms with E-state index >= 15 is 0 Å². The maximum Gasteiger partial charge on any atom is 0.252 e. The second-order valence-corrected chi connectivity index (χ2v) is 5.19. The predicted octanol–water partition coefficient (Wildman–Crippen LogP) is 1.50. The molecule has 0 aliphatic carbocycles. The number of imidazole rings is 1. The van der Waals surface area contributed by atoms with E-state index in [1.165, 1.54) is 0 Å². The number of rotatable bonds is 5. The lowest BCUT2D eigenvalue weighted by Crippen LogP contribution is -2.38. The lowest BCUT2D eigenvalue weighted by molar-refractivity contribution is -0.120. The maximum atomic E-state index is 12.3. The van der Waals surface area contributed by atoms with Crippen molar-refractivity contribution >= 4 is 22.7 Å². The van der Waals surface area contributed by atoms with Crippen molar-refractivity contribution in [2.24, 2.45) is 0 Å². The Kier molecular flexibility index (Phi) is 4.09. The molecule has 0 bridgehead atoms. The molecule has 1 atom stereocenters. The van der Waals surface area contributed by atoms with Gasteiger partial charge in [0, 0.05) is 35.1 Å². The summed E-state index contributed by atoms with van der Waals surface area (Å²) in [5.74, 6) is 0.112. The van der Waals surface area contributed by atoms with Gasteiger partial charge in [0.1, 0.15) is 5.82 Å². The topological polar surface area (TPSA) is 103 Å². The molecule has 3 rings (SSSR count). The highest BCUT2D eigenvalue weighted by Gasteiger charge is 2.14. The molecular formula is C16H17N5O2. The van der Waals surface area contributed by atoms with Crippen molar-refractivity contribution < 1.29 is 9.59 Å². The van der Waals surface area contributed by atoms with Crippen LogP contribution in [-0.2, 0) is 4.79 Å². The van der Waals surface area contributed by atoms with Crippen LogP contribution in [0.1, 0.15) is 29.1 Å². The number of aromatic nitrogens is 3. The van der Waals surface area contributed by atoms with Crippen LogP contribution in [0.4, 0.5) is 0 Å². The number of carbonyl (C=O) groups is 2. The average molecular weight is 311 g/mol. The number of nitrogens with zero attached hydrogens (tertiary/aromatic N) is 1. The van der Waals surface area contributed by atoms with E-state index < -0.39 is 0 Å². The standard InChI is InChI=1S/C16H17N5O2/c1-10(15-18-7-8-19-15)21-14(22)9-20-16(23)12-3-2-4-13-11(12)5-6-17-13/h2-8,10,17H,9H2,1H3,(H,18,19)(H,20,23)(H,21,22)/t10-/m0/s1. The Hall–Kier alpha value is -3.09. The number of H-pyrrole nitrogens is 2. The molecule has 1 aromatic carbocycles. The Morgan fingerprint density at radius 1 is 1.22 bits per heavy atom. The quantitative estimate of drug-likeness (QED) is 0.574. The van der Waals surface area contributed by atoms with Crippen molar-refractivity contribution in [2.45, 2.75) is 13.0 Å². The minimum absolute atomic E-state index is 0.0926. The third kappa shape index (κ3) is 3.23. The lowest BCUT2D eigenvalue weighted by atomic mass is 10.1. The van der Waals surface area contributed by atoms with Gasteiger partial charge < -0.3 is 20.6 Å². The van der Waals surface area contributed by atoms with E-state index in [2.05, 4.69) is 25.6 Å². The molecule has 0 radical (unpaired) electrons. The van der Waals surface area contributed by atoms with E-state index in [0.717, 1.165) is 10.9 Å². The highest BCUT2D eigenvalue weighted by Crippen LogP contribution is 2.17. The van der Waals surface area contributed by atoms with Gasteiger partial charge in [-0.05, 0) is 25.1 Å². The number of fused-ring (bicyclic) bond motifs is 1. The van der Waals surface area contributed by atoms with Gasteiger partial charge in [0.05, 0.1) is 12.6 Å². The fourth-order valence-corrected chi connectivity index (χ4v) is 2.41. The van der Waals surface area contributed by atoms with Gasteiger partial charge in [0.25, 0.3) is 5.91 Å². The van der Waals surface area contributed by atoms with Crippen LogP contribution in [-0.4, -0.2) is 33.3 Å². The lowest BCUT2D eigenvalue weighted by Gasteiger charge is -2.12. The molecule has 0 aliphatic rings. The summed E-state index contributed by atoms with van der Waals surface area (Å²) in [6, 6.07) is 7.01. The van der Waals surface area contributed by atoms with Gasteiger partial charge in [0.2, 0.25) is 5.91 Å². The van der Waals surface area contributed by atoms with Gasteiger partial charge in [-0.2, -0.15) is 0 Å². The number of hydrogen-bond acceptors (Lipinski definition) is 3. The fraction of sp³-hybridized carbons (Fsp3) is 0.188. The summed E-state index contributed by atoms with van der Waals surface area (Å²) in [7, 11) is 0. The molecule has 118 valence electrons. The molecule has 2 aromatic heterocycles. The molecule has 7 heteroatoms. The van der Waals surface area contributed by atoms with E-state index in [1.54, 1.807) is 30.7 Å². The van der Waals surface area contributed by atoms with Crippen molar-refractivity contribution in [3.63, 3.8) is 0 Å². The second kappa shape index (κ2) is 6.35. The number of nitrogens with one attached hydrogen (secondary N) is 4. The number of benzene rings is 1. The summed E-state index contributed by atoms with van der Waals surface area (Å²) >= 11 is 0. The average Bonchev–Trinajstić information content (AvgIpc) is 3.22. The molecule has 4 N–H and O–H groups in total. The molecule has 0 saturated heterocycles. The van der Waals surface area contributed by atoms with Gasteiger partial charge in [-0.15, -0.1) is 0 Å². The Bertz CT molecular complexity index is 822. The maximum absolute atomic E-state index is 12.3. The van der Waals surface area contributed by atoms with Crippen LogP contribution in [0.3, 0.4) is 0 Å². The third-order valence-corrected chi connectivity index (χ3v) is 3.56. The Labute approximate surface area is 132 Å². The Morgan fingerprint density at radius 3 is 2.87 bits per heavy atom. The normalized spacial score (nSPS) is 12.0. The van der Waals surface area contributed by atoms with Gasteiger partial charge in [-0.1, -0.05) is 6.07 Å². The minimum atomic E-state index is -0.281. The summed E-state index contributed by atoms with van der Waals surface area (Å²) in [6.07, 6.45) is 5.09. The third-order valence-electron chi connectivity index (χ3n) is 3.56. The monoisotopic (exact) mass is 311 g/mol. The van der Waals surface area contributed by atoms with Gasteiger partial charge in [-0.3, -0.25) is 9.59 Å². The molecule has 2 amide bonds. The zero-order valence-electron chi connectivity index (χ0n) is 12.6. The zero-order valence-corrected chi connectivity index (χ0v) is 12.6. The Morgan fingerprint density at radius 2 is 2.09 bits per heavy atom. The van der Waals surface area contributed by atoms with E-state index in [1.807, 2.05) is 19.1 Å². The predicted molar refractivity (Wildman–Crippen MR) is 85.8 cm³/mol. The SMILES string of the molecule is C[C@H](NC(=O)CNC(=O)c1cccc2[nH]ccc12)c1ncc[nH]1. The van der Waals surface area contributed by atoms with E-state index in [0.29, 0.717) is 11.4 Å². The van der Waals surface area contributed by atoms with Crippen LogP contribution >= 0.6 is 0 Å². The van der Waals surface area contributed by atoms with Crippen LogP contribution in [0.2, 0.25) is 0 Å². The van der Waals surface area contributed by atoms with Crippen LogP contribution in [0, 0.1) is 0 Å². The molecule has 0 fully saturated rings. The van der Waals surface area contributed by atoms with Crippen LogP contribution in [0.5, 0.6) is 0 Å². The van der Waals surface area contributed by atoms with Gasteiger partial charge in [0.15, 0.2) is 0 Å². The summed E-state index contributed by atoms with van der Waals surface area (Å²) in [5, 5.41) is 6.23. The number of amides is 2. The second-order valence-electron chi connectivity index (χ2n) is 5.19. The van der Waals surface area contributed by atoms with Crippen LogP contribution < -0.4 is 10.6 Å². The molecule has 7 nitrogen and oxygen atoms in total. The molecule has 23 heavy (non-hydrogen) atoms. The first-order valence-corrected chi connectivity index (χ1v) is 7.28. The van der Waals surface area contributed by atoms with Gasteiger partial charge >= 0.3 is 0 Å². The first kappa shape index (κ1) is 14.8. The van der Waals surface area contributed by atoms with Crippen molar-refractivity contribution in [3.8, 4) is 0 Å². The van der Waals surface area contributed by atoms with Crippen molar-refractivity contribution in [3.05, 3.63) is 54.2 Å². The van der Waals surface area contributed by atoms with Crippen molar-refractivity contribution in [1.29, 1.82) is 0 Å². The summed E-state index contributed by atoms with van der Waals surface area (Å²) in [6.45, 7) is 1.73. The van der Waals surface area contributed by atoms with E-state index in [4.69, 9.17) is 0 Å². The highest BCUT2D eigenvalue weighted by atomic mass is 16.2. The molecule has 0 unspecified atom stereocenters. The molecule has 0 spiro atoms. The van der Waals surface area contributed by atoms with E-state index in [9.17, 15) is 9.59 Å². The largest absolute Gasteiger partial charge is 0.361 e. The highest BCUT2D eigenvalue weighted by molar-refractivity contribution is 6.07. The molecule has 0 saturated carbocycles. The van der Waals surface area contributed by atoms with Crippen LogP contribution in [0.25, 0.3) is 10.9 Å². The Balaban J connectivity index is 1.58. The minimum Gasteiger partial charge on any atom is -0.361 e. The number of aromatic amines is 2. The van der Waals surface area contributed by atoms with Gasteiger partial charge in [-0.25, -0.2) is 4.98 Å². The number of carbonyl (C=O) groups excluding carboxylic acids is 2. The first-order chi connectivity index (χ1) is 11.1. The molecule has 3 aromatic rings. The fourth-order valence-electron chi connectivity index (χ4n) is 2.41. The number of hydrogen-bond donors (Lipinski definition) is 4. The van der Waals surface area contributed by atoms with Crippen molar-refractivity contribution in [1.82, 2.24) is 25.6 Å². The molecular weight excluding hydrogens is 294 g/mol. The molecule has 2 heterocycles. The van der Waals surface area contributed by atoms with E-state index in [-0.39, 0.29) is 24.4 Å². The van der Waals surface area contributed by atoms with Crippen molar-refractivity contribution in [2.75, 3.05) is 6.54 Å². The summed E-state index contributed by atoms with van der Waals surface area (Å²) < 4.78 is 0. The molecule has 0 aliphatic heterocycles. The first-order valence-electron chi connectivity index (χ1n) is 7.28. The smallest absolute Gasteiger partial charge is 0.252 e. The zero-order chi connectivity index (χ0) is 16.2. The summed E-state index contributed by atoms with van der Waals surface area (Å²) in [4.78, 5) is 34.2. The van der Waals surface area contributed by atoms with Crippen LogP contribution in [0.15, 0.2) is 42.9 Å².